The molecule has 0 atom stereocenters. The maximum atomic E-state index is 14.2. The van der Waals surface area contributed by atoms with E-state index < -0.39 is 5.82 Å². The summed E-state index contributed by atoms with van der Waals surface area (Å²) in [5, 5.41) is 13.0. The number of aromatic nitrogens is 4. The van der Waals surface area contributed by atoms with Gasteiger partial charge in [0.05, 0.1) is 23.0 Å². The van der Waals surface area contributed by atoms with Crippen molar-refractivity contribution < 1.29 is 9.50 Å². The fourth-order valence-electron chi connectivity index (χ4n) is 3.61. The summed E-state index contributed by atoms with van der Waals surface area (Å²) >= 11 is 6.15. The first-order chi connectivity index (χ1) is 14.1. The van der Waals surface area contributed by atoms with Gasteiger partial charge in [-0.05, 0) is 37.1 Å². The lowest BCUT2D eigenvalue weighted by Crippen LogP contribution is -2.36. The molecule has 2 N–H and O–H groups in total. The van der Waals surface area contributed by atoms with Crippen molar-refractivity contribution in [1.29, 1.82) is 0 Å². The molecule has 0 spiro atoms. The van der Waals surface area contributed by atoms with Crippen molar-refractivity contribution in [2.24, 2.45) is 0 Å². The molecule has 29 heavy (non-hydrogen) atoms. The Morgan fingerprint density at radius 2 is 1.97 bits per heavy atom. The van der Waals surface area contributed by atoms with Crippen molar-refractivity contribution in [2.75, 3.05) is 23.3 Å². The van der Waals surface area contributed by atoms with E-state index in [-0.39, 0.29) is 16.8 Å². The summed E-state index contributed by atoms with van der Waals surface area (Å²) in [4.78, 5) is 15.8. The molecule has 0 radical (unpaired) electrons. The minimum atomic E-state index is -0.460. The van der Waals surface area contributed by atoms with Gasteiger partial charge in [0.15, 0.2) is 11.5 Å². The van der Waals surface area contributed by atoms with Crippen LogP contribution in [0.2, 0.25) is 5.02 Å². The second-order valence-electron chi connectivity index (χ2n) is 7.06. The van der Waals surface area contributed by atoms with Gasteiger partial charge in [0.1, 0.15) is 29.0 Å². The van der Waals surface area contributed by atoms with Gasteiger partial charge in [-0.2, -0.15) is 0 Å². The molecule has 7 nitrogen and oxygen atoms in total. The van der Waals surface area contributed by atoms with Gasteiger partial charge in [-0.1, -0.05) is 17.7 Å². The van der Waals surface area contributed by atoms with Crippen molar-refractivity contribution in [2.45, 2.75) is 18.9 Å². The lowest BCUT2D eigenvalue weighted by molar-refractivity contribution is 0.145. The number of rotatable bonds is 3. The van der Waals surface area contributed by atoms with Crippen LogP contribution in [0.5, 0.6) is 0 Å². The number of nitrogens with zero attached hydrogens (tertiary/aromatic N) is 5. The third-order valence-electron chi connectivity index (χ3n) is 5.18. The summed E-state index contributed by atoms with van der Waals surface area (Å²) in [6, 6.07) is 8.30. The van der Waals surface area contributed by atoms with Gasteiger partial charge in [0.25, 0.3) is 0 Å². The van der Waals surface area contributed by atoms with Crippen LogP contribution in [0.1, 0.15) is 12.8 Å². The van der Waals surface area contributed by atoms with Crippen LogP contribution < -0.4 is 10.2 Å². The number of benzene rings is 1. The van der Waals surface area contributed by atoms with Crippen molar-refractivity contribution in [3.05, 3.63) is 53.7 Å². The number of aliphatic hydroxyl groups is 1. The molecule has 0 unspecified atom stereocenters. The van der Waals surface area contributed by atoms with Crippen LogP contribution in [0.15, 0.2) is 42.9 Å². The lowest BCUT2D eigenvalue weighted by atomic mass is 10.1. The second-order valence-corrected chi connectivity index (χ2v) is 7.47. The average molecular weight is 413 g/mol. The van der Waals surface area contributed by atoms with Crippen molar-refractivity contribution in [1.82, 2.24) is 19.4 Å². The van der Waals surface area contributed by atoms with Gasteiger partial charge >= 0.3 is 0 Å². The van der Waals surface area contributed by atoms with E-state index in [0.29, 0.717) is 22.5 Å². The molecule has 4 heterocycles. The number of para-hydroxylation sites is 1. The molecule has 1 aromatic carbocycles. The third kappa shape index (κ3) is 3.24. The number of piperidine rings is 1. The first kappa shape index (κ1) is 18.1. The molecule has 9 heteroatoms. The Balaban J connectivity index is 1.59. The average Bonchev–Trinajstić information content (AvgIpc) is 3.22. The van der Waals surface area contributed by atoms with E-state index in [4.69, 9.17) is 16.6 Å². The highest BCUT2D eigenvalue weighted by atomic mass is 35.5. The summed E-state index contributed by atoms with van der Waals surface area (Å²) in [5.41, 5.74) is 2.13. The quantitative estimate of drug-likeness (QED) is 0.533. The van der Waals surface area contributed by atoms with Crippen LogP contribution >= 0.6 is 11.6 Å². The number of anilines is 3. The van der Waals surface area contributed by atoms with Crippen LogP contribution in [0.4, 0.5) is 21.7 Å². The van der Waals surface area contributed by atoms with E-state index in [1.54, 1.807) is 24.7 Å². The number of aliphatic hydroxyl groups excluding tert-OH is 1. The monoisotopic (exact) mass is 412 g/mol. The SMILES string of the molecule is OC1CCN(c2ccc3nc(Nc4c(F)cccc4Cl)c4cncn4c3n2)CC1. The van der Waals surface area contributed by atoms with Gasteiger partial charge in [-0.3, -0.25) is 4.40 Å². The van der Waals surface area contributed by atoms with Gasteiger partial charge in [-0.15, -0.1) is 0 Å². The Bertz CT molecular complexity index is 1180. The van der Waals surface area contributed by atoms with Crippen molar-refractivity contribution >= 4 is 45.6 Å². The molecule has 1 aliphatic heterocycles. The Hall–Kier alpha value is -2.97. The Morgan fingerprint density at radius 3 is 2.76 bits per heavy atom. The standard InChI is InChI=1S/C20H18ClFN6O/c21-13-2-1-3-14(22)18(13)26-19-16-10-23-11-28(16)20-15(24-19)4-5-17(25-20)27-8-6-12(29)7-9-27/h1-5,10-12,29H,6-9H2,(H,24,26). The van der Waals surface area contributed by atoms with Crippen molar-refractivity contribution in [3.8, 4) is 0 Å². The highest BCUT2D eigenvalue weighted by molar-refractivity contribution is 6.33. The molecular weight excluding hydrogens is 395 g/mol. The van der Waals surface area contributed by atoms with E-state index in [0.717, 1.165) is 31.7 Å². The van der Waals surface area contributed by atoms with Crippen molar-refractivity contribution in [3.63, 3.8) is 0 Å². The maximum Gasteiger partial charge on any atom is 0.166 e. The maximum absolute atomic E-state index is 14.2. The molecule has 5 rings (SSSR count). The fraction of sp³-hybridized carbons (Fsp3) is 0.250. The van der Waals surface area contributed by atoms with E-state index >= 15 is 0 Å². The molecular formula is C20H18ClFN6O. The number of halogens is 2. The van der Waals surface area contributed by atoms with Gasteiger partial charge in [0, 0.05) is 13.1 Å². The number of nitrogens with one attached hydrogen (secondary N) is 1. The summed E-state index contributed by atoms with van der Waals surface area (Å²) in [5.74, 6) is 0.814. The predicted octanol–water partition coefficient (Wildman–Crippen LogP) is 3.77. The lowest BCUT2D eigenvalue weighted by Gasteiger charge is -2.30. The number of pyridine rings is 1. The van der Waals surface area contributed by atoms with E-state index in [9.17, 15) is 9.50 Å². The summed E-state index contributed by atoms with van der Waals surface area (Å²) in [7, 11) is 0. The smallest absolute Gasteiger partial charge is 0.166 e. The number of hydrogen-bond acceptors (Lipinski definition) is 6. The predicted molar refractivity (Wildman–Crippen MR) is 110 cm³/mol. The first-order valence-corrected chi connectivity index (χ1v) is 9.75. The normalized spacial score (nSPS) is 15.3. The zero-order chi connectivity index (χ0) is 20.0. The minimum Gasteiger partial charge on any atom is -0.393 e. The topological polar surface area (TPSA) is 78.6 Å². The molecule has 0 bridgehead atoms. The zero-order valence-corrected chi connectivity index (χ0v) is 16.1. The zero-order valence-electron chi connectivity index (χ0n) is 15.4. The molecule has 0 aliphatic carbocycles. The number of hydrogen-bond donors (Lipinski definition) is 2. The largest absolute Gasteiger partial charge is 0.393 e. The highest BCUT2D eigenvalue weighted by Crippen LogP contribution is 2.31. The fourth-order valence-corrected chi connectivity index (χ4v) is 3.82. The van der Waals surface area contributed by atoms with E-state index in [2.05, 4.69) is 20.2 Å². The summed E-state index contributed by atoms with van der Waals surface area (Å²) in [6.07, 6.45) is 4.52. The summed E-state index contributed by atoms with van der Waals surface area (Å²) in [6.45, 7) is 1.51. The minimum absolute atomic E-state index is 0.167. The van der Waals surface area contributed by atoms with Crippen LogP contribution in [-0.2, 0) is 0 Å². The third-order valence-corrected chi connectivity index (χ3v) is 5.49. The molecule has 148 valence electrons. The van der Waals surface area contributed by atoms with Gasteiger partial charge in [-0.25, -0.2) is 19.3 Å². The Kier molecular flexibility index (Phi) is 4.44. The van der Waals surface area contributed by atoms with Crippen LogP contribution in [0.3, 0.4) is 0 Å². The number of fused-ring (bicyclic) bond motifs is 3. The molecule has 3 aromatic heterocycles. The highest BCUT2D eigenvalue weighted by Gasteiger charge is 2.20. The molecule has 0 amide bonds. The van der Waals surface area contributed by atoms with E-state index in [1.807, 2.05) is 16.5 Å². The molecule has 0 saturated carbocycles. The Morgan fingerprint density at radius 1 is 1.14 bits per heavy atom. The molecule has 1 fully saturated rings. The first-order valence-electron chi connectivity index (χ1n) is 9.37. The van der Waals surface area contributed by atoms with Crippen LogP contribution in [-0.4, -0.2) is 43.7 Å². The summed E-state index contributed by atoms with van der Waals surface area (Å²) < 4.78 is 16.1. The second kappa shape index (κ2) is 7.13. The van der Waals surface area contributed by atoms with Crippen LogP contribution in [0, 0.1) is 5.82 Å². The molecule has 1 aliphatic rings. The van der Waals surface area contributed by atoms with Gasteiger partial charge < -0.3 is 15.3 Å². The molecule has 1 saturated heterocycles. The van der Waals surface area contributed by atoms with Crippen LogP contribution in [0.25, 0.3) is 16.7 Å². The van der Waals surface area contributed by atoms with E-state index in [1.165, 1.54) is 6.07 Å². The number of imidazole rings is 1. The Labute approximate surface area is 170 Å². The molecule has 4 aromatic rings. The van der Waals surface area contributed by atoms with Gasteiger partial charge in [0.2, 0.25) is 0 Å².